The van der Waals surface area contributed by atoms with Crippen molar-refractivity contribution in [2.45, 2.75) is 6.61 Å². The molecule has 0 spiro atoms. The van der Waals surface area contributed by atoms with Gasteiger partial charge < -0.3 is 9.84 Å². The van der Waals surface area contributed by atoms with Gasteiger partial charge in [-0.25, -0.2) is 4.79 Å². The summed E-state index contributed by atoms with van der Waals surface area (Å²) in [6, 6.07) is 8.39. The summed E-state index contributed by atoms with van der Waals surface area (Å²) < 4.78 is 6.39. The van der Waals surface area contributed by atoms with Crippen LogP contribution in [0.5, 0.6) is 5.75 Å². The summed E-state index contributed by atoms with van der Waals surface area (Å²) in [5.41, 5.74) is 0.769. The van der Waals surface area contributed by atoms with E-state index in [1.165, 1.54) is 12.3 Å². The summed E-state index contributed by atoms with van der Waals surface area (Å²) >= 11 is 9.31. The van der Waals surface area contributed by atoms with Crippen molar-refractivity contribution >= 4 is 33.5 Å². The Morgan fingerprint density at radius 1 is 1.37 bits per heavy atom. The number of pyridine rings is 1. The van der Waals surface area contributed by atoms with E-state index in [-0.39, 0.29) is 12.2 Å². The molecule has 2 rings (SSSR count). The first-order valence-corrected chi connectivity index (χ1v) is 6.49. The second kappa shape index (κ2) is 6.04. The summed E-state index contributed by atoms with van der Waals surface area (Å²) in [4.78, 5) is 14.7. The molecule has 98 valence electrons. The summed E-state index contributed by atoms with van der Waals surface area (Å²) in [6.45, 7) is 0.218. The number of rotatable bonds is 4. The molecule has 0 aliphatic carbocycles. The third kappa shape index (κ3) is 3.68. The van der Waals surface area contributed by atoms with Crippen LogP contribution in [0.4, 0.5) is 0 Å². The third-order valence-electron chi connectivity index (χ3n) is 2.34. The van der Waals surface area contributed by atoms with E-state index in [0.717, 1.165) is 4.47 Å². The number of aromatic nitrogens is 1. The van der Waals surface area contributed by atoms with Gasteiger partial charge in [0, 0.05) is 10.7 Å². The van der Waals surface area contributed by atoms with Gasteiger partial charge in [-0.05, 0) is 30.3 Å². The zero-order chi connectivity index (χ0) is 13.8. The summed E-state index contributed by atoms with van der Waals surface area (Å²) in [5.74, 6) is -0.463. The molecule has 0 aliphatic heterocycles. The van der Waals surface area contributed by atoms with Crippen LogP contribution in [0.25, 0.3) is 0 Å². The van der Waals surface area contributed by atoms with Crippen LogP contribution in [0, 0.1) is 0 Å². The molecule has 0 atom stereocenters. The van der Waals surface area contributed by atoms with Gasteiger partial charge in [0.05, 0.1) is 16.3 Å². The molecule has 1 aromatic heterocycles. The maximum absolute atomic E-state index is 10.7. The van der Waals surface area contributed by atoms with Crippen molar-refractivity contribution in [2.24, 2.45) is 0 Å². The lowest BCUT2D eigenvalue weighted by Crippen LogP contribution is -2.02. The van der Waals surface area contributed by atoms with Crippen LogP contribution in [-0.2, 0) is 6.61 Å². The number of hydrogen-bond acceptors (Lipinski definition) is 3. The maximum atomic E-state index is 10.7. The first-order valence-electron chi connectivity index (χ1n) is 5.32. The van der Waals surface area contributed by atoms with Crippen molar-refractivity contribution in [3.63, 3.8) is 0 Å². The number of halogens is 2. The van der Waals surface area contributed by atoms with Gasteiger partial charge in [-0.2, -0.15) is 0 Å². The smallest absolute Gasteiger partial charge is 0.337 e. The van der Waals surface area contributed by atoms with Crippen LogP contribution in [0.2, 0.25) is 5.02 Å². The molecule has 0 fully saturated rings. The van der Waals surface area contributed by atoms with E-state index in [4.69, 9.17) is 21.4 Å². The van der Waals surface area contributed by atoms with Crippen molar-refractivity contribution in [1.82, 2.24) is 4.98 Å². The van der Waals surface area contributed by atoms with Crippen molar-refractivity contribution in [2.75, 3.05) is 0 Å². The van der Waals surface area contributed by atoms with Gasteiger partial charge >= 0.3 is 5.97 Å². The van der Waals surface area contributed by atoms with E-state index < -0.39 is 5.97 Å². The number of ether oxygens (including phenoxy) is 1. The second-order valence-electron chi connectivity index (χ2n) is 3.71. The number of carboxylic acid groups (broad SMARTS) is 1. The third-order valence-corrected chi connectivity index (χ3v) is 3.15. The summed E-state index contributed by atoms with van der Waals surface area (Å²) in [5, 5.41) is 9.26. The number of carboxylic acids is 1. The molecule has 0 saturated heterocycles. The normalized spacial score (nSPS) is 10.2. The highest BCUT2D eigenvalue weighted by molar-refractivity contribution is 9.10. The molecule has 1 aromatic carbocycles. The van der Waals surface area contributed by atoms with E-state index in [1.807, 2.05) is 6.07 Å². The second-order valence-corrected chi connectivity index (χ2v) is 5.03. The number of aromatic carboxylic acids is 1. The number of benzene rings is 1. The molecule has 6 heteroatoms. The van der Waals surface area contributed by atoms with Gasteiger partial charge in [0.15, 0.2) is 0 Å². The largest absolute Gasteiger partial charge is 0.486 e. The van der Waals surface area contributed by atoms with Crippen molar-refractivity contribution in [1.29, 1.82) is 0 Å². The van der Waals surface area contributed by atoms with Crippen molar-refractivity contribution in [3.05, 3.63) is 57.3 Å². The lowest BCUT2D eigenvalue weighted by Gasteiger charge is -2.08. The molecule has 0 aliphatic rings. The highest BCUT2D eigenvalue weighted by Crippen LogP contribution is 2.28. The van der Waals surface area contributed by atoms with Gasteiger partial charge in [0.25, 0.3) is 0 Å². The van der Waals surface area contributed by atoms with Gasteiger partial charge in [-0.3, -0.25) is 4.98 Å². The molecule has 0 unspecified atom stereocenters. The van der Waals surface area contributed by atoms with Gasteiger partial charge in [-0.1, -0.05) is 27.5 Å². The minimum atomic E-state index is -1.00. The molecule has 1 N–H and O–H groups in total. The van der Waals surface area contributed by atoms with Crippen LogP contribution in [-0.4, -0.2) is 16.1 Å². The van der Waals surface area contributed by atoms with Crippen molar-refractivity contribution < 1.29 is 14.6 Å². The minimum absolute atomic E-state index is 0.143. The number of hydrogen-bond donors (Lipinski definition) is 1. The molecule has 2 aromatic rings. The first-order chi connectivity index (χ1) is 9.06. The topological polar surface area (TPSA) is 59.4 Å². The Labute approximate surface area is 123 Å². The fourth-order valence-corrected chi connectivity index (χ4v) is 1.89. The Morgan fingerprint density at radius 3 is 2.79 bits per heavy atom. The SMILES string of the molecule is O=C(O)c1ccc(COc2cc(Br)ccc2Cl)nc1. The molecule has 0 radical (unpaired) electrons. The zero-order valence-electron chi connectivity index (χ0n) is 9.64. The zero-order valence-corrected chi connectivity index (χ0v) is 12.0. The average molecular weight is 343 g/mol. The minimum Gasteiger partial charge on any atom is -0.486 e. The highest BCUT2D eigenvalue weighted by Gasteiger charge is 2.05. The highest BCUT2D eigenvalue weighted by atomic mass is 79.9. The summed E-state index contributed by atoms with van der Waals surface area (Å²) in [6.07, 6.45) is 1.30. The van der Waals surface area contributed by atoms with Crippen LogP contribution in [0.3, 0.4) is 0 Å². The molecular weight excluding hydrogens is 334 g/mol. The Hall–Kier alpha value is -1.59. The van der Waals surface area contributed by atoms with Crippen LogP contribution in [0.1, 0.15) is 16.1 Å². The Kier molecular flexibility index (Phi) is 4.39. The predicted octanol–water partition coefficient (Wildman–Crippen LogP) is 3.77. The average Bonchev–Trinajstić information content (AvgIpc) is 2.40. The quantitative estimate of drug-likeness (QED) is 0.918. The molecular formula is C13H9BrClNO3. The number of carbonyl (C=O) groups is 1. The van der Waals surface area contributed by atoms with Crippen LogP contribution in [0.15, 0.2) is 41.0 Å². The van der Waals surface area contributed by atoms with Crippen molar-refractivity contribution in [3.8, 4) is 5.75 Å². The molecule has 4 nitrogen and oxygen atoms in total. The van der Waals surface area contributed by atoms with Crippen LogP contribution < -0.4 is 4.74 Å². The monoisotopic (exact) mass is 341 g/mol. The standard InChI is InChI=1S/C13H9BrClNO3/c14-9-2-4-11(15)12(5-9)19-7-10-3-1-8(6-16-10)13(17)18/h1-6H,7H2,(H,17,18). The van der Waals surface area contributed by atoms with E-state index in [0.29, 0.717) is 16.5 Å². The van der Waals surface area contributed by atoms with E-state index >= 15 is 0 Å². The Balaban J connectivity index is 2.06. The fourth-order valence-electron chi connectivity index (χ4n) is 1.38. The predicted molar refractivity (Wildman–Crippen MR) is 74.7 cm³/mol. The number of nitrogens with zero attached hydrogens (tertiary/aromatic N) is 1. The summed E-state index contributed by atoms with van der Waals surface area (Å²) in [7, 11) is 0. The first kappa shape index (κ1) is 13.8. The molecule has 0 saturated carbocycles. The van der Waals surface area contributed by atoms with E-state index in [1.54, 1.807) is 18.2 Å². The molecule has 0 bridgehead atoms. The fraction of sp³-hybridized carbons (Fsp3) is 0.0769. The van der Waals surface area contributed by atoms with Gasteiger partial charge in [0.1, 0.15) is 12.4 Å². The van der Waals surface area contributed by atoms with E-state index in [9.17, 15) is 4.79 Å². The van der Waals surface area contributed by atoms with Gasteiger partial charge in [0.2, 0.25) is 0 Å². The lowest BCUT2D eigenvalue weighted by molar-refractivity contribution is 0.0696. The maximum Gasteiger partial charge on any atom is 0.337 e. The Morgan fingerprint density at radius 2 is 2.16 bits per heavy atom. The Bertz CT molecular complexity index is 601. The van der Waals surface area contributed by atoms with Crippen LogP contribution >= 0.6 is 27.5 Å². The van der Waals surface area contributed by atoms with Gasteiger partial charge in [-0.15, -0.1) is 0 Å². The van der Waals surface area contributed by atoms with E-state index in [2.05, 4.69) is 20.9 Å². The lowest BCUT2D eigenvalue weighted by atomic mass is 10.2. The molecule has 1 heterocycles. The molecule has 19 heavy (non-hydrogen) atoms. The molecule has 0 amide bonds.